The van der Waals surface area contributed by atoms with E-state index in [4.69, 9.17) is 16.6 Å². The summed E-state index contributed by atoms with van der Waals surface area (Å²) in [5.74, 6) is -3.09. The first kappa shape index (κ1) is 18.2. The van der Waals surface area contributed by atoms with E-state index < -0.39 is 41.8 Å². The standard InChI is InChI=1S/C12H20N4O5S/c13-6(4-9(14)17)11(19)16-3-1-2-8(16)10(18)15-7(5-22)12(20)21/h6-8,22H,1-5,13H2,(H2,14,17)(H,15,18)(H,20,21). The van der Waals surface area contributed by atoms with Gasteiger partial charge >= 0.3 is 5.97 Å². The molecule has 1 aliphatic rings. The number of amides is 3. The first-order valence-electron chi connectivity index (χ1n) is 6.76. The van der Waals surface area contributed by atoms with Crippen LogP contribution >= 0.6 is 12.6 Å². The maximum atomic E-state index is 12.2. The molecule has 0 aromatic rings. The zero-order valence-corrected chi connectivity index (χ0v) is 12.8. The minimum atomic E-state index is -1.20. The molecular formula is C12H20N4O5S. The highest BCUT2D eigenvalue weighted by Gasteiger charge is 2.37. The molecule has 0 aromatic heterocycles. The lowest BCUT2D eigenvalue weighted by atomic mass is 10.1. The average molecular weight is 332 g/mol. The molecule has 0 bridgehead atoms. The van der Waals surface area contributed by atoms with E-state index in [2.05, 4.69) is 17.9 Å². The number of rotatable bonds is 7. The van der Waals surface area contributed by atoms with Crippen LogP contribution in [0.5, 0.6) is 0 Å². The molecule has 1 rings (SSSR count). The first-order chi connectivity index (χ1) is 10.3. The predicted molar refractivity (Wildman–Crippen MR) is 79.9 cm³/mol. The lowest BCUT2D eigenvalue weighted by molar-refractivity contribution is -0.143. The molecule has 6 N–H and O–H groups in total. The molecular weight excluding hydrogens is 312 g/mol. The van der Waals surface area contributed by atoms with Crippen molar-refractivity contribution in [3.8, 4) is 0 Å². The Labute approximate surface area is 132 Å². The quantitative estimate of drug-likeness (QED) is 0.329. The summed E-state index contributed by atoms with van der Waals surface area (Å²) in [5.41, 5.74) is 10.6. The zero-order chi connectivity index (χ0) is 16.9. The molecule has 0 saturated carbocycles. The number of nitrogens with two attached hydrogens (primary N) is 2. The van der Waals surface area contributed by atoms with Crippen molar-refractivity contribution in [3.05, 3.63) is 0 Å². The topological polar surface area (TPSA) is 156 Å². The molecule has 1 fully saturated rings. The largest absolute Gasteiger partial charge is 0.480 e. The normalized spacial score (nSPS) is 20.3. The number of thiol groups is 1. The summed E-state index contributed by atoms with van der Waals surface area (Å²) in [6.45, 7) is 0.321. The monoisotopic (exact) mass is 332 g/mol. The number of carboxylic acids is 1. The van der Waals surface area contributed by atoms with E-state index in [1.165, 1.54) is 4.90 Å². The zero-order valence-electron chi connectivity index (χ0n) is 11.9. The molecule has 3 unspecified atom stereocenters. The Hall–Kier alpha value is -1.81. The van der Waals surface area contributed by atoms with Crippen molar-refractivity contribution in [2.75, 3.05) is 12.3 Å². The van der Waals surface area contributed by atoms with Crippen LogP contribution in [0.15, 0.2) is 0 Å². The van der Waals surface area contributed by atoms with Gasteiger partial charge in [0.05, 0.1) is 12.5 Å². The molecule has 1 saturated heterocycles. The van der Waals surface area contributed by atoms with Crippen LogP contribution in [0, 0.1) is 0 Å². The van der Waals surface area contributed by atoms with Gasteiger partial charge in [0.1, 0.15) is 12.1 Å². The van der Waals surface area contributed by atoms with Crippen LogP contribution in [-0.4, -0.2) is 64.1 Å². The maximum Gasteiger partial charge on any atom is 0.327 e. The second kappa shape index (κ2) is 7.99. The fourth-order valence-electron chi connectivity index (χ4n) is 2.27. The van der Waals surface area contributed by atoms with Crippen molar-refractivity contribution < 1.29 is 24.3 Å². The van der Waals surface area contributed by atoms with Gasteiger partial charge in [-0.1, -0.05) is 0 Å². The highest BCUT2D eigenvalue weighted by atomic mass is 32.1. The molecule has 3 atom stereocenters. The van der Waals surface area contributed by atoms with Crippen LogP contribution in [-0.2, 0) is 19.2 Å². The van der Waals surface area contributed by atoms with Crippen molar-refractivity contribution in [1.82, 2.24) is 10.2 Å². The summed E-state index contributed by atoms with van der Waals surface area (Å²) < 4.78 is 0. The van der Waals surface area contributed by atoms with E-state index in [1.54, 1.807) is 0 Å². The Balaban J connectivity index is 2.73. The predicted octanol–water partition coefficient (Wildman–Crippen LogP) is -2.32. The van der Waals surface area contributed by atoms with Gasteiger partial charge in [0.15, 0.2) is 0 Å². The number of likely N-dealkylation sites (tertiary alicyclic amines) is 1. The number of nitrogens with one attached hydrogen (secondary N) is 1. The molecule has 9 nitrogen and oxygen atoms in total. The molecule has 10 heteroatoms. The summed E-state index contributed by atoms with van der Waals surface area (Å²) in [5, 5.41) is 11.2. The van der Waals surface area contributed by atoms with Gasteiger partial charge in [-0.3, -0.25) is 14.4 Å². The number of aliphatic carboxylic acids is 1. The van der Waals surface area contributed by atoms with E-state index >= 15 is 0 Å². The van der Waals surface area contributed by atoms with Crippen molar-refractivity contribution in [3.63, 3.8) is 0 Å². The Morgan fingerprint density at radius 1 is 1.36 bits per heavy atom. The van der Waals surface area contributed by atoms with Crippen molar-refractivity contribution in [2.24, 2.45) is 11.5 Å². The fourth-order valence-corrected chi connectivity index (χ4v) is 2.52. The minimum Gasteiger partial charge on any atom is -0.480 e. The molecule has 124 valence electrons. The molecule has 1 aliphatic heterocycles. The van der Waals surface area contributed by atoms with Crippen LogP contribution in [0.3, 0.4) is 0 Å². The van der Waals surface area contributed by atoms with E-state index in [-0.39, 0.29) is 12.2 Å². The lowest BCUT2D eigenvalue weighted by Gasteiger charge is -2.27. The van der Waals surface area contributed by atoms with Crippen LogP contribution in [0.1, 0.15) is 19.3 Å². The van der Waals surface area contributed by atoms with E-state index in [0.717, 1.165) is 0 Å². The first-order valence-corrected chi connectivity index (χ1v) is 7.39. The van der Waals surface area contributed by atoms with Crippen molar-refractivity contribution in [1.29, 1.82) is 0 Å². The summed E-state index contributed by atoms with van der Waals surface area (Å²) in [4.78, 5) is 47.3. The number of carbonyl (C=O) groups excluding carboxylic acids is 3. The molecule has 22 heavy (non-hydrogen) atoms. The minimum absolute atomic E-state index is 0.0665. The smallest absolute Gasteiger partial charge is 0.327 e. The van der Waals surface area contributed by atoms with E-state index in [0.29, 0.717) is 19.4 Å². The third kappa shape index (κ3) is 4.60. The van der Waals surface area contributed by atoms with E-state index in [1.807, 2.05) is 0 Å². The summed E-state index contributed by atoms with van der Waals surface area (Å²) in [6.07, 6.45) is 0.684. The Bertz CT molecular complexity index is 472. The van der Waals surface area contributed by atoms with Crippen molar-refractivity contribution in [2.45, 2.75) is 37.4 Å². The number of hydrogen-bond donors (Lipinski definition) is 5. The van der Waals surface area contributed by atoms with Gasteiger partial charge < -0.3 is 26.8 Å². The summed E-state index contributed by atoms with van der Waals surface area (Å²) in [7, 11) is 0. The Kier molecular flexibility index (Phi) is 6.62. The van der Waals surface area contributed by atoms with Gasteiger partial charge in [-0.2, -0.15) is 12.6 Å². The van der Waals surface area contributed by atoms with Gasteiger partial charge in [0.25, 0.3) is 0 Å². The lowest BCUT2D eigenvalue weighted by Crippen LogP contribution is -2.54. The van der Waals surface area contributed by atoms with Crippen LogP contribution in [0.4, 0.5) is 0 Å². The number of nitrogens with zero attached hydrogens (tertiary/aromatic N) is 1. The molecule has 0 aliphatic carbocycles. The SMILES string of the molecule is NC(=O)CC(N)C(=O)N1CCCC1C(=O)NC(CS)C(=O)O. The number of carboxylic acid groups (broad SMARTS) is 1. The summed E-state index contributed by atoms with van der Waals surface area (Å²) >= 11 is 3.86. The number of hydrogen-bond acceptors (Lipinski definition) is 6. The maximum absolute atomic E-state index is 12.2. The van der Waals surface area contributed by atoms with Crippen molar-refractivity contribution >= 4 is 36.3 Å². The molecule has 0 spiro atoms. The second-order valence-electron chi connectivity index (χ2n) is 5.05. The van der Waals surface area contributed by atoms with Crippen LogP contribution in [0.25, 0.3) is 0 Å². The van der Waals surface area contributed by atoms with Gasteiger partial charge in [0.2, 0.25) is 17.7 Å². The van der Waals surface area contributed by atoms with Gasteiger partial charge in [-0.25, -0.2) is 4.79 Å². The van der Waals surface area contributed by atoms with Gasteiger partial charge in [-0.05, 0) is 12.8 Å². The Morgan fingerprint density at radius 2 is 2.00 bits per heavy atom. The van der Waals surface area contributed by atoms with Gasteiger partial charge in [-0.15, -0.1) is 0 Å². The van der Waals surface area contributed by atoms with Gasteiger partial charge in [0, 0.05) is 12.3 Å². The third-order valence-electron chi connectivity index (χ3n) is 3.37. The fraction of sp³-hybridized carbons (Fsp3) is 0.667. The van der Waals surface area contributed by atoms with Crippen LogP contribution < -0.4 is 16.8 Å². The average Bonchev–Trinajstić information content (AvgIpc) is 2.91. The Morgan fingerprint density at radius 3 is 2.50 bits per heavy atom. The highest BCUT2D eigenvalue weighted by molar-refractivity contribution is 7.80. The third-order valence-corrected chi connectivity index (χ3v) is 3.74. The molecule has 0 aromatic carbocycles. The molecule has 1 heterocycles. The van der Waals surface area contributed by atoms with Crippen LogP contribution in [0.2, 0.25) is 0 Å². The number of primary amides is 1. The second-order valence-corrected chi connectivity index (χ2v) is 5.41. The summed E-state index contributed by atoms with van der Waals surface area (Å²) in [6, 6.07) is -3.04. The number of carbonyl (C=O) groups is 4. The molecule has 3 amide bonds. The highest BCUT2D eigenvalue weighted by Crippen LogP contribution is 2.19. The van der Waals surface area contributed by atoms with E-state index in [9.17, 15) is 19.2 Å². The molecule has 0 radical (unpaired) electrons.